The fourth-order valence-electron chi connectivity index (χ4n) is 2.00. The molecule has 1 aliphatic heterocycles. The normalized spacial score (nSPS) is 19.7. The topological polar surface area (TPSA) is 42.4 Å². The molecule has 0 spiro atoms. The summed E-state index contributed by atoms with van der Waals surface area (Å²) in [5, 5.41) is 1.88. The van der Waals surface area contributed by atoms with Crippen LogP contribution in [0.4, 0.5) is 10.6 Å². The molecule has 1 fully saturated rings. The Labute approximate surface area is 106 Å². The lowest BCUT2D eigenvalue weighted by Crippen LogP contribution is -2.24. The van der Waals surface area contributed by atoms with E-state index in [9.17, 15) is 4.79 Å². The van der Waals surface area contributed by atoms with Crippen molar-refractivity contribution < 1.29 is 9.53 Å². The summed E-state index contributed by atoms with van der Waals surface area (Å²) in [7, 11) is 0. The first-order valence-corrected chi connectivity index (χ1v) is 7.12. The van der Waals surface area contributed by atoms with Crippen LogP contribution in [-0.4, -0.2) is 23.7 Å². The zero-order valence-corrected chi connectivity index (χ0v) is 10.9. The highest BCUT2D eigenvalue weighted by atomic mass is 32.1. The van der Waals surface area contributed by atoms with E-state index in [-0.39, 0.29) is 12.2 Å². The average molecular weight is 254 g/mol. The molecule has 0 aliphatic carbocycles. The van der Waals surface area contributed by atoms with Crippen molar-refractivity contribution in [2.45, 2.75) is 45.1 Å². The van der Waals surface area contributed by atoms with Gasteiger partial charge in [0.15, 0.2) is 0 Å². The molecule has 1 amide bonds. The highest BCUT2D eigenvalue weighted by molar-refractivity contribution is 7.07. The largest absolute Gasteiger partial charge is 0.444 e. The number of hydrogen-bond donors (Lipinski definition) is 0. The number of aromatic nitrogens is 1. The van der Waals surface area contributed by atoms with E-state index in [1.54, 1.807) is 10.4 Å². The second kappa shape index (κ2) is 6.00. The predicted octanol–water partition coefficient (Wildman–Crippen LogP) is 3.44. The maximum atomic E-state index is 11.6. The minimum absolute atomic E-state index is 0.0426. The van der Waals surface area contributed by atoms with Gasteiger partial charge in [-0.3, -0.25) is 4.90 Å². The van der Waals surface area contributed by atoms with Crippen molar-refractivity contribution in [1.29, 1.82) is 0 Å². The molecule has 0 saturated carbocycles. The second-order valence-corrected chi connectivity index (χ2v) is 5.03. The molecule has 0 unspecified atom stereocenters. The molecule has 17 heavy (non-hydrogen) atoms. The fraction of sp³-hybridized carbons (Fsp3) is 0.667. The zero-order chi connectivity index (χ0) is 12.1. The number of amides is 1. The number of carbonyl (C=O) groups excluding carboxylic acids is 1. The Morgan fingerprint density at radius 1 is 1.53 bits per heavy atom. The molecule has 94 valence electrons. The van der Waals surface area contributed by atoms with Crippen molar-refractivity contribution in [2.24, 2.45) is 0 Å². The first kappa shape index (κ1) is 12.4. The molecular weight excluding hydrogens is 236 g/mol. The van der Waals surface area contributed by atoms with Gasteiger partial charge in [-0.2, -0.15) is 0 Å². The molecule has 0 N–H and O–H groups in total. The Bertz CT molecular complexity index is 353. The number of thiazole rings is 1. The third kappa shape index (κ3) is 3.19. The molecule has 2 heterocycles. The van der Waals surface area contributed by atoms with Crippen LogP contribution < -0.4 is 4.90 Å². The lowest BCUT2D eigenvalue weighted by Gasteiger charge is -2.08. The summed E-state index contributed by atoms with van der Waals surface area (Å²) in [6.07, 6.45) is 5.60. The van der Waals surface area contributed by atoms with E-state index in [2.05, 4.69) is 11.9 Å². The maximum Gasteiger partial charge on any atom is 0.415 e. The summed E-state index contributed by atoms with van der Waals surface area (Å²) >= 11 is 1.49. The van der Waals surface area contributed by atoms with E-state index >= 15 is 0 Å². The van der Waals surface area contributed by atoms with Crippen LogP contribution in [0.1, 0.15) is 39.0 Å². The van der Waals surface area contributed by atoms with Crippen LogP contribution >= 0.6 is 11.3 Å². The Morgan fingerprint density at radius 3 is 3.12 bits per heavy atom. The monoisotopic (exact) mass is 254 g/mol. The Balaban J connectivity index is 1.79. The molecular formula is C12H18N2O2S. The van der Waals surface area contributed by atoms with Gasteiger partial charge in [0.1, 0.15) is 11.9 Å². The lowest BCUT2D eigenvalue weighted by molar-refractivity contribution is 0.135. The molecule has 5 heteroatoms. The molecule has 1 aromatic heterocycles. The molecule has 1 aromatic rings. The van der Waals surface area contributed by atoms with Crippen molar-refractivity contribution in [3.05, 3.63) is 10.9 Å². The van der Waals surface area contributed by atoms with Gasteiger partial charge in [0, 0.05) is 5.38 Å². The van der Waals surface area contributed by atoms with Crippen LogP contribution in [0.25, 0.3) is 0 Å². The van der Waals surface area contributed by atoms with E-state index in [1.807, 2.05) is 5.38 Å². The third-order valence-corrected chi connectivity index (χ3v) is 3.52. The van der Waals surface area contributed by atoms with E-state index in [4.69, 9.17) is 4.74 Å². The van der Waals surface area contributed by atoms with Crippen LogP contribution in [-0.2, 0) is 4.74 Å². The van der Waals surface area contributed by atoms with Crippen LogP contribution in [0.2, 0.25) is 0 Å². The first-order chi connectivity index (χ1) is 8.31. The van der Waals surface area contributed by atoms with E-state index in [0.717, 1.165) is 18.7 Å². The highest BCUT2D eigenvalue weighted by Gasteiger charge is 2.32. The number of ether oxygens (including phenoxy) is 1. The number of unbranched alkanes of at least 4 members (excludes halogenated alkanes) is 3. The van der Waals surface area contributed by atoms with Gasteiger partial charge in [-0.05, 0) is 12.8 Å². The number of rotatable bonds is 6. The summed E-state index contributed by atoms with van der Waals surface area (Å²) in [4.78, 5) is 17.4. The summed E-state index contributed by atoms with van der Waals surface area (Å²) in [5.74, 6) is 0.719. The number of carbonyl (C=O) groups is 1. The summed E-state index contributed by atoms with van der Waals surface area (Å²) in [6, 6.07) is 0. The number of hydrogen-bond acceptors (Lipinski definition) is 4. The smallest absolute Gasteiger partial charge is 0.415 e. The van der Waals surface area contributed by atoms with Gasteiger partial charge in [0.2, 0.25) is 0 Å². The van der Waals surface area contributed by atoms with Crippen LogP contribution in [0.3, 0.4) is 0 Å². The number of nitrogens with zero attached hydrogens (tertiary/aromatic N) is 2. The molecule has 0 aromatic carbocycles. The van der Waals surface area contributed by atoms with Crippen molar-refractivity contribution in [2.75, 3.05) is 11.4 Å². The van der Waals surface area contributed by atoms with Gasteiger partial charge in [-0.15, -0.1) is 11.3 Å². The SMILES string of the molecule is CCCCCC[C@H]1CN(c2cscn2)C(=O)O1. The van der Waals surface area contributed by atoms with Gasteiger partial charge in [0.05, 0.1) is 12.1 Å². The van der Waals surface area contributed by atoms with Crippen LogP contribution in [0.15, 0.2) is 10.9 Å². The van der Waals surface area contributed by atoms with Gasteiger partial charge >= 0.3 is 6.09 Å². The van der Waals surface area contributed by atoms with E-state index in [1.165, 1.54) is 30.6 Å². The van der Waals surface area contributed by atoms with E-state index in [0.29, 0.717) is 6.54 Å². The molecule has 0 radical (unpaired) electrons. The number of cyclic esters (lactones) is 1. The molecule has 4 nitrogen and oxygen atoms in total. The minimum atomic E-state index is -0.253. The molecule has 0 bridgehead atoms. The Kier molecular flexibility index (Phi) is 4.36. The van der Waals surface area contributed by atoms with Crippen molar-refractivity contribution in [3.8, 4) is 0 Å². The first-order valence-electron chi connectivity index (χ1n) is 6.17. The van der Waals surface area contributed by atoms with Gasteiger partial charge in [0.25, 0.3) is 0 Å². The highest BCUT2D eigenvalue weighted by Crippen LogP contribution is 2.23. The van der Waals surface area contributed by atoms with Gasteiger partial charge < -0.3 is 4.74 Å². The minimum Gasteiger partial charge on any atom is -0.444 e. The fourth-order valence-corrected chi connectivity index (χ4v) is 2.54. The van der Waals surface area contributed by atoms with Crippen LogP contribution in [0, 0.1) is 0 Å². The Hall–Kier alpha value is -1.10. The summed E-state index contributed by atoms with van der Waals surface area (Å²) < 4.78 is 5.33. The Morgan fingerprint density at radius 2 is 2.41 bits per heavy atom. The third-order valence-electron chi connectivity index (χ3n) is 2.95. The summed E-state index contributed by atoms with van der Waals surface area (Å²) in [6.45, 7) is 2.84. The maximum absolute atomic E-state index is 11.6. The predicted molar refractivity (Wildman–Crippen MR) is 68.5 cm³/mol. The quantitative estimate of drug-likeness (QED) is 0.730. The van der Waals surface area contributed by atoms with E-state index < -0.39 is 0 Å². The standard InChI is InChI=1S/C12H18N2O2S/c1-2-3-4-5-6-10-7-14(12(15)16-10)11-8-17-9-13-11/h8-10H,2-7H2,1H3/t10-/m0/s1. The zero-order valence-electron chi connectivity index (χ0n) is 10.1. The molecule has 1 saturated heterocycles. The van der Waals surface area contributed by atoms with Crippen LogP contribution in [0.5, 0.6) is 0 Å². The number of anilines is 1. The average Bonchev–Trinajstić information content (AvgIpc) is 2.93. The second-order valence-electron chi connectivity index (χ2n) is 4.31. The molecule has 1 atom stereocenters. The molecule has 2 rings (SSSR count). The van der Waals surface area contributed by atoms with Crippen molar-refractivity contribution in [3.63, 3.8) is 0 Å². The van der Waals surface area contributed by atoms with Gasteiger partial charge in [-0.25, -0.2) is 9.78 Å². The van der Waals surface area contributed by atoms with Crippen molar-refractivity contribution >= 4 is 23.2 Å². The molecule has 1 aliphatic rings. The van der Waals surface area contributed by atoms with Gasteiger partial charge in [-0.1, -0.05) is 26.2 Å². The summed E-state index contributed by atoms with van der Waals surface area (Å²) in [5.41, 5.74) is 1.73. The lowest BCUT2D eigenvalue weighted by atomic mass is 10.1. The van der Waals surface area contributed by atoms with Crippen molar-refractivity contribution in [1.82, 2.24) is 4.98 Å².